The summed E-state index contributed by atoms with van der Waals surface area (Å²) in [7, 11) is -2.78. The summed E-state index contributed by atoms with van der Waals surface area (Å²) in [5.74, 6) is 0. The monoisotopic (exact) mass is 90.0 g/mol. The van der Waals surface area contributed by atoms with Gasteiger partial charge in [0.05, 0.1) is 0 Å². The third kappa shape index (κ3) is 3.76. The molecule has 0 aromatic heterocycles. The first kappa shape index (κ1) is 4.76. The Bertz CT molecular complexity index is 83.1. The van der Waals surface area contributed by atoms with Gasteiger partial charge < -0.3 is 0 Å². The van der Waals surface area contributed by atoms with Gasteiger partial charge in [-0.25, -0.2) is 0 Å². The molecule has 0 amide bonds. The molecule has 0 aliphatic carbocycles. The van der Waals surface area contributed by atoms with E-state index in [1.807, 2.05) is 0 Å². The van der Waals surface area contributed by atoms with Crippen LogP contribution in [0.2, 0.25) is 0 Å². The molecule has 0 spiro atoms. The standard InChI is InChI=1S/BO3P/c2-1-5(3)4. The normalized spacial score (nSPS) is 5.60. The van der Waals surface area contributed by atoms with Crippen molar-refractivity contribution in [3.63, 3.8) is 0 Å². The van der Waals surface area contributed by atoms with Crippen LogP contribution >= 0.6 is 7.56 Å². The Balaban J connectivity index is 3.69. The van der Waals surface area contributed by atoms with Crippen molar-refractivity contribution in [1.29, 1.82) is 0 Å². The molecule has 0 aliphatic heterocycles. The van der Waals surface area contributed by atoms with Crippen LogP contribution in [0, 0.1) is 0 Å². The van der Waals surface area contributed by atoms with E-state index in [1.165, 1.54) is 0 Å². The van der Waals surface area contributed by atoms with Gasteiger partial charge in [0.2, 0.25) is 0 Å². The first-order chi connectivity index (χ1) is 2.27. The van der Waals surface area contributed by atoms with E-state index in [4.69, 9.17) is 13.8 Å². The van der Waals surface area contributed by atoms with Crippen molar-refractivity contribution in [1.82, 2.24) is 0 Å². The van der Waals surface area contributed by atoms with Crippen LogP contribution in [-0.2, 0) is 13.8 Å². The zero-order valence-corrected chi connectivity index (χ0v) is 3.14. The maximum absolute atomic E-state index is 9.04. The predicted octanol–water partition coefficient (Wildman–Crippen LogP) is 0.124. The number of hydrogen-bond donors (Lipinski definition) is 0. The van der Waals surface area contributed by atoms with Gasteiger partial charge in [-0.2, -0.15) is 0 Å². The molecule has 0 heterocycles. The van der Waals surface area contributed by atoms with Crippen molar-refractivity contribution < 1.29 is 13.8 Å². The second-order valence-electron chi connectivity index (χ2n) is 0.391. The van der Waals surface area contributed by atoms with Crippen LogP contribution in [0.25, 0.3) is 0 Å². The van der Waals surface area contributed by atoms with Crippen LogP contribution in [-0.4, -0.2) is 6.87 Å². The van der Waals surface area contributed by atoms with Gasteiger partial charge >= 0.3 is 28.3 Å². The van der Waals surface area contributed by atoms with Gasteiger partial charge in [0.1, 0.15) is 0 Å². The van der Waals surface area contributed by atoms with Crippen molar-refractivity contribution in [2.45, 2.75) is 0 Å². The zero-order valence-electron chi connectivity index (χ0n) is 2.25. The topological polar surface area (TPSA) is 51.2 Å². The minimum atomic E-state index is -2.78. The average molecular weight is 89.8 g/mol. The predicted molar refractivity (Wildman–Crippen MR) is 14.7 cm³/mol. The van der Waals surface area contributed by atoms with Crippen LogP contribution in [0.5, 0.6) is 0 Å². The Kier molecular flexibility index (Phi) is 1.94. The summed E-state index contributed by atoms with van der Waals surface area (Å²) in [6, 6.07) is 0. The Morgan fingerprint density at radius 2 is 1.60 bits per heavy atom. The van der Waals surface area contributed by atoms with E-state index in [9.17, 15) is 0 Å². The summed E-state index contributed by atoms with van der Waals surface area (Å²) >= 11 is 0. The molecule has 0 bridgehead atoms. The molecule has 0 aromatic rings. The quantitative estimate of drug-likeness (QED) is 0.339. The van der Waals surface area contributed by atoms with E-state index in [-0.39, 0.29) is 6.87 Å². The van der Waals surface area contributed by atoms with Crippen LogP contribution in [0.4, 0.5) is 0 Å². The van der Waals surface area contributed by atoms with E-state index in [1.54, 1.807) is 0 Å². The molecule has 0 atom stereocenters. The van der Waals surface area contributed by atoms with Gasteiger partial charge in [-0.1, -0.05) is 0 Å². The zero-order chi connectivity index (χ0) is 4.28. The van der Waals surface area contributed by atoms with E-state index < -0.39 is 7.56 Å². The first-order valence-corrected chi connectivity index (χ1v) is 2.11. The molecule has 0 N–H and O–H groups in total. The van der Waals surface area contributed by atoms with Crippen molar-refractivity contribution in [2.75, 3.05) is 0 Å². The molecule has 0 saturated carbocycles. The Labute approximate surface area is 29.4 Å². The van der Waals surface area contributed by atoms with Gasteiger partial charge in [0, 0.05) is 0 Å². The van der Waals surface area contributed by atoms with Crippen LogP contribution < -0.4 is 0 Å². The van der Waals surface area contributed by atoms with Gasteiger partial charge in [-0.05, 0) is 0 Å². The molecular weight excluding hydrogens is 89.8 g/mol. The maximum atomic E-state index is 9.04. The third-order valence-electron chi connectivity index (χ3n) is 0.0861. The summed E-state index contributed by atoms with van der Waals surface area (Å²) in [5.41, 5.74) is 0. The van der Waals surface area contributed by atoms with E-state index in [0.29, 0.717) is 0 Å². The first-order valence-electron chi connectivity index (χ1n) is 0.859. The summed E-state index contributed by atoms with van der Waals surface area (Å²) in [4.78, 5) is 0. The fourth-order valence-corrected chi connectivity index (χ4v) is 0. The SMILES string of the molecule is O=BP(=O)=O. The second kappa shape index (κ2) is 2.03. The minimum absolute atomic E-state index is 0.130. The molecule has 0 saturated heterocycles. The van der Waals surface area contributed by atoms with Crippen molar-refractivity contribution in [2.24, 2.45) is 0 Å². The van der Waals surface area contributed by atoms with Crippen molar-refractivity contribution in [3.05, 3.63) is 0 Å². The summed E-state index contributed by atoms with van der Waals surface area (Å²) in [6.07, 6.45) is 0. The van der Waals surface area contributed by atoms with Gasteiger partial charge in [0.25, 0.3) is 0 Å². The van der Waals surface area contributed by atoms with E-state index >= 15 is 0 Å². The molecule has 0 radical (unpaired) electrons. The molecule has 3 nitrogen and oxygen atoms in total. The van der Waals surface area contributed by atoms with Gasteiger partial charge in [-0.15, -0.1) is 0 Å². The number of hydrogen-bond acceptors (Lipinski definition) is 3. The van der Waals surface area contributed by atoms with Crippen molar-refractivity contribution in [3.8, 4) is 0 Å². The second-order valence-corrected chi connectivity index (χ2v) is 1.17. The molecule has 0 rings (SSSR count). The molecule has 26 valence electrons. The molecule has 5 heteroatoms. The van der Waals surface area contributed by atoms with Gasteiger partial charge in [-0.3, -0.25) is 0 Å². The molecule has 5 heavy (non-hydrogen) atoms. The Morgan fingerprint density at radius 3 is 1.60 bits per heavy atom. The van der Waals surface area contributed by atoms with Crippen LogP contribution in [0.3, 0.4) is 0 Å². The fraction of sp³-hybridized carbons (Fsp3) is 0. The number of rotatable bonds is 1. The van der Waals surface area contributed by atoms with Crippen LogP contribution in [0.15, 0.2) is 0 Å². The summed E-state index contributed by atoms with van der Waals surface area (Å²) in [6.45, 7) is -0.130. The van der Waals surface area contributed by atoms with Crippen molar-refractivity contribution >= 4 is 14.4 Å². The Hall–Kier alpha value is -0.235. The molecule has 0 aliphatic rings. The molecule has 0 fully saturated rings. The van der Waals surface area contributed by atoms with Gasteiger partial charge in [0.15, 0.2) is 0 Å². The molecule has 0 unspecified atom stereocenters. The Morgan fingerprint density at radius 1 is 1.40 bits per heavy atom. The molecular formula is BO3P. The summed E-state index contributed by atoms with van der Waals surface area (Å²) in [5, 5.41) is 0. The fourth-order valence-electron chi connectivity index (χ4n) is 0. The van der Waals surface area contributed by atoms with E-state index in [0.717, 1.165) is 0 Å². The van der Waals surface area contributed by atoms with E-state index in [2.05, 4.69) is 0 Å². The third-order valence-corrected chi connectivity index (χ3v) is 0.258. The summed E-state index contributed by atoms with van der Waals surface area (Å²) < 4.78 is 27.0. The average Bonchev–Trinajstić information content (AvgIpc) is 1.38. The van der Waals surface area contributed by atoms with Crippen LogP contribution in [0.1, 0.15) is 0 Å². The molecule has 0 aromatic carbocycles.